The van der Waals surface area contributed by atoms with E-state index in [1.165, 1.54) is 0 Å². The average Bonchev–Trinajstić information content (AvgIpc) is 3.36. The maximum Gasteiger partial charge on any atom is 0.249 e. The van der Waals surface area contributed by atoms with E-state index in [1.807, 2.05) is 57.8 Å². The molecule has 3 atom stereocenters. The van der Waals surface area contributed by atoms with Crippen molar-refractivity contribution in [2.45, 2.75) is 20.0 Å². The van der Waals surface area contributed by atoms with Crippen molar-refractivity contribution in [1.29, 1.82) is 5.26 Å². The van der Waals surface area contributed by atoms with Crippen molar-refractivity contribution in [1.82, 2.24) is 29.7 Å². The van der Waals surface area contributed by atoms with Crippen LogP contribution in [0.25, 0.3) is 27.8 Å². The van der Waals surface area contributed by atoms with Crippen molar-refractivity contribution < 1.29 is 9.90 Å². The lowest BCUT2D eigenvalue weighted by Gasteiger charge is -2.21. The van der Waals surface area contributed by atoms with Gasteiger partial charge in [-0.1, -0.05) is 13.8 Å². The molecule has 1 amide bonds. The van der Waals surface area contributed by atoms with Crippen LogP contribution in [-0.4, -0.2) is 61.1 Å². The number of aliphatic hydroxyl groups is 1. The van der Waals surface area contributed by atoms with Gasteiger partial charge in [-0.25, -0.2) is 9.50 Å². The number of aromatic nitrogens is 5. The molecule has 4 aromatic rings. The first kappa shape index (κ1) is 24.1. The summed E-state index contributed by atoms with van der Waals surface area (Å²) < 4.78 is 3.50. The van der Waals surface area contributed by atoms with Crippen molar-refractivity contribution in [2.24, 2.45) is 30.7 Å². The number of carbonyl (C=O) groups is 1. The highest BCUT2D eigenvalue weighted by Gasteiger charge is 2.55. The molecule has 1 aliphatic carbocycles. The first-order valence-corrected chi connectivity index (χ1v) is 12.9. The molecule has 2 aliphatic rings. The van der Waals surface area contributed by atoms with E-state index in [0.29, 0.717) is 29.9 Å². The zero-order valence-corrected chi connectivity index (χ0v) is 21.6. The van der Waals surface area contributed by atoms with E-state index in [1.54, 1.807) is 15.4 Å². The molecule has 4 aromatic heterocycles. The lowest BCUT2D eigenvalue weighted by Crippen LogP contribution is -2.39. The number of piperidine rings is 1. The smallest absolute Gasteiger partial charge is 0.249 e. The average molecular weight is 511 g/mol. The Morgan fingerprint density at radius 2 is 1.92 bits per heavy atom. The fourth-order valence-corrected chi connectivity index (χ4v) is 5.65. The zero-order valence-electron chi connectivity index (χ0n) is 21.6. The Labute approximate surface area is 220 Å². The van der Waals surface area contributed by atoms with Gasteiger partial charge >= 0.3 is 0 Å². The Kier molecular flexibility index (Phi) is 5.88. The van der Waals surface area contributed by atoms with E-state index in [-0.39, 0.29) is 11.8 Å². The van der Waals surface area contributed by atoms with Crippen LogP contribution in [0.5, 0.6) is 0 Å². The van der Waals surface area contributed by atoms with Crippen molar-refractivity contribution in [2.75, 3.05) is 24.5 Å². The summed E-state index contributed by atoms with van der Waals surface area (Å²) in [6.45, 7) is 6.11. The third-order valence-corrected chi connectivity index (χ3v) is 7.94. The summed E-state index contributed by atoms with van der Waals surface area (Å²) in [5.41, 5.74) is 4.99. The molecule has 1 saturated carbocycles. The van der Waals surface area contributed by atoms with Crippen LogP contribution in [0.3, 0.4) is 0 Å². The Morgan fingerprint density at radius 3 is 2.55 bits per heavy atom. The number of nitrogens with one attached hydrogen (secondary N) is 1. The molecule has 0 aromatic carbocycles. The Hall–Kier alpha value is -4.23. The van der Waals surface area contributed by atoms with Crippen LogP contribution in [-0.2, 0) is 11.8 Å². The standard InChI is InChI=1S/C28H30N8O2/c1-16(2)27(37)28(38)31-11-22-23-14-35(15-24(22)23)25-5-4-17(8-30-25)21-6-18(20-10-32-34(3)12-20)13-36-26(21)19(7-29)9-33-36/h4-6,8-10,12-13,16,22-24,27,37H,11,14-15H2,1-3H3,(H,31,38). The van der Waals surface area contributed by atoms with Crippen molar-refractivity contribution in [3.8, 4) is 28.3 Å². The predicted molar refractivity (Wildman–Crippen MR) is 142 cm³/mol. The molecule has 3 unspecified atom stereocenters. The number of pyridine rings is 2. The monoisotopic (exact) mass is 510 g/mol. The number of nitriles is 1. The predicted octanol–water partition coefficient (Wildman–Crippen LogP) is 2.48. The van der Waals surface area contributed by atoms with Crippen molar-refractivity contribution >= 4 is 17.2 Å². The van der Waals surface area contributed by atoms with E-state index >= 15 is 0 Å². The zero-order chi connectivity index (χ0) is 26.6. The fraction of sp³-hybridized carbons (Fsp3) is 0.393. The van der Waals surface area contributed by atoms with Gasteiger partial charge in [0.1, 0.15) is 18.0 Å². The maximum absolute atomic E-state index is 12.1. The van der Waals surface area contributed by atoms with Gasteiger partial charge in [-0.15, -0.1) is 0 Å². The van der Waals surface area contributed by atoms with Gasteiger partial charge in [0.05, 0.1) is 23.5 Å². The maximum atomic E-state index is 12.1. The highest BCUT2D eigenvalue weighted by Crippen LogP contribution is 2.52. The molecule has 1 saturated heterocycles. The van der Waals surface area contributed by atoms with Crippen LogP contribution in [0.1, 0.15) is 19.4 Å². The second-order valence-electron chi connectivity index (χ2n) is 10.7. The lowest BCUT2D eigenvalue weighted by atomic mass is 10.0. The summed E-state index contributed by atoms with van der Waals surface area (Å²) in [5.74, 6) is 2.09. The summed E-state index contributed by atoms with van der Waals surface area (Å²) in [4.78, 5) is 19.1. The molecule has 2 N–H and O–H groups in total. The number of nitrogens with zero attached hydrogens (tertiary/aromatic N) is 7. The van der Waals surface area contributed by atoms with E-state index < -0.39 is 6.10 Å². The van der Waals surface area contributed by atoms with E-state index in [0.717, 1.165) is 46.7 Å². The Morgan fingerprint density at radius 1 is 1.13 bits per heavy atom. The summed E-state index contributed by atoms with van der Waals surface area (Å²) in [7, 11) is 1.88. The first-order valence-electron chi connectivity index (χ1n) is 12.9. The molecule has 0 radical (unpaired) electrons. The second-order valence-corrected chi connectivity index (χ2v) is 10.7. The highest BCUT2D eigenvalue weighted by atomic mass is 16.3. The molecule has 38 heavy (non-hydrogen) atoms. The minimum Gasteiger partial charge on any atom is -0.383 e. The van der Waals surface area contributed by atoms with E-state index in [9.17, 15) is 15.2 Å². The number of carbonyl (C=O) groups excluding carboxylic acids is 1. The van der Waals surface area contributed by atoms with Gasteiger partial charge in [-0.2, -0.15) is 15.5 Å². The van der Waals surface area contributed by atoms with Crippen LogP contribution in [0, 0.1) is 35.0 Å². The summed E-state index contributed by atoms with van der Waals surface area (Å²) in [6, 6.07) is 8.40. The number of hydrogen-bond donors (Lipinski definition) is 2. The molecule has 1 aliphatic heterocycles. The lowest BCUT2D eigenvalue weighted by molar-refractivity contribution is -0.131. The minimum absolute atomic E-state index is 0.0902. The molecular formula is C28H30N8O2. The van der Waals surface area contributed by atoms with Gasteiger partial charge in [0.15, 0.2) is 0 Å². The van der Waals surface area contributed by atoms with Crippen molar-refractivity contribution in [3.63, 3.8) is 0 Å². The Balaban J connectivity index is 1.18. The summed E-state index contributed by atoms with van der Waals surface area (Å²) >= 11 is 0. The minimum atomic E-state index is -0.953. The van der Waals surface area contributed by atoms with E-state index in [2.05, 4.69) is 32.5 Å². The number of aryl methyl sites for hydroxylation is 1. The third-order valence-electron chi connectivity index (χ3n) is 7.94. The van der Waals surface area contributed by atoms with Gasteiger partial charge in [0, 0.05) is 67.5 Å². The van der Waals surface area contributed by atoms with Crippen LogP contribution < -0.4 is 10.2 Å². The van der Waals surface area contributed by atoms with Gasteiger partial charge in [0.2, 0.25) is 5.91 Å². The second kappa shape index (κ2) is 9.26. The molecule has 10 heteroatoms. The van der Waals surface area contributed by atoms with Crippen LogP contribution in [0.15, 0.2) is 49.2 Å². The number of amides is 1. The number of rotatable bonds is 7. The summed E-state index contributed by atoms with van der Waals surface area (Å²) in [5, 5.41) is 31.2. The largest absolute Gasteiger partial charge is 0.383 e. The molecular weight excluding hydrogens is 480 g/mol. The molecule has 0 spiro atoms. The summed E-state index contributed by atoms with van der Waals surface area (Å²) in [6.07, 6.45) is 8.17. The normalized spacial score (nSPS) is 20.9. The number of fused-ring (bicyclic) bond motifs is 2. The van der Waals surface area contributed by atoms with Crippen LogP contribution in [0.2, 0.25) is 0 Å². The molecule has 194 valence electrons. The van der Waals surface area contributed by atoms with Crippen LogP contribution >= 0.6 is 0 Å². The highest BCUT2D eigenvalue weighted by molar-refractivity contribution is 5.87. The van der Waals surface area contributed by atoms with Gasteiger partial charge in [0.25, 0.3) is 0 Å². The number of hydrogen-bond acceptors (Lipinski definition) is 7. The van der Waals surface area contributed by atoms with Gasteiger partial charge in [-0.3, -0.25) is 9.48 Å². The van der Waals surface area contributed by atoms with Crippen LogP contribution in [0.4, 0.5) is 5.82 Å². The molecule has 10 nitrogen and oxygen atoms in total. The Bertz CT molecular complexity index is 1540. The topological polar surface area (TPSA) is 124 Å². The number of anilines is 1. The van der Waals surface area contributed by atoms with E-state index in [4.69, 9.17) is 4.98 Å². The van der Waals surface area contributed by atoms with Gasteiger partial charge in [-0.05, 0) is 41.9 Å². The number of aliphatic hydroxyl groups excluding tert-OH is 1. The molecule has 5 heterocycles. The third kappa shape index (κ3) is 4.19. The molecule has 2 fully saturated rings. The van der Waals surface area contributed by atoms with Crippen molar-refractivity contribution in [3.05, 3.63) is 54.7 Å². The van der Waals surface area contributed by atoms with Gasteiger partial charge < -0.3 is 15.3 Å². The molecule has 6 rings (SSSR count). The quantitative estimate of drug-likeness (QED) is 0.391. The first-order chi connectivity index (χ1) is 18.3. The fourth-order valence-electron chi connectivity index (χ4n) is 5.65. The SMILES string of the molecule is CC(C)C(O)C(=O)NCC1C2CN(c3ccc(-c4cc(-c5cnn(C)c5)cn5ncc(C#N)c45)cn3)CC12. The molecule has 0 bridgehead atoms.